The molecule has 156 valence electrons. The average Bonchev–Trinajstić information content (AvgIpc) is 2.69. The first-order valence-electron chi connectivity index (χ1n) is 9.26. The molecule has 2 aromatic carbocycles. The number of piperazine rings is 1. The number of amides is 1. The molecule has 1 saturated heterocycles. The molecule has 1 amide bonds. The van der Waals surface area contributed by atoms with Crippen LogP contribution in [0.25, 0.3) is 0 Å². The lowest BCUT2D eigenvalue weighted by Gasteiger charge is -2.35. The van der Waals surface area contributed by atoms with Gasteiger partial charge in [0.2, 0.25) is 10.0 Å². The average molecular weight is 437 g/mol. The lowest BCUT2D eigenvalue weighted by Crippen LogP contribution is -2.44. The summed E-state index contributed by atoms with van der Waals surface area (Å²) in [7, 11) is 1.29. The number of halogens is 1. The third kappa shape index (κ3) is 4.72. The molecule has 7 nitrogen and oxygen atoms in total. The molecule has 0 unspecified atom stereocenters. The van der Waals surface area contributed by atoms with E-state index >= 15 is 0 Å². The van der Waals surface area contributed by atoms with Crippen LogP contribution in [-0.4, -0.2) is 70.9 Å². The summed E-state index contributed by atoms with van der Waals surface area (Å²) in [6.45, 7) is 3.61. The van der Waals surface area contributed by atoms with Crippen molar-refractivity contribution in [1.82, 2.24) is 9.21 Å². The third-order valence-electron chi connectivity index (χ3n) is 4.96. The molecular weight excluding hydrogens is 412 g/mol. The van der Waals surface area contributed by atoms with Crippen LogP contribution in [0, 0.1) is 0 Å². The molecular formula is C20H25ClN4O3S. The summed E-state index contributed by atoms with van der Waals surface area (Å²) in [5, 5.41) is 3.09. The number of sulfonamides is 1. The first-order chi connectivity index (χ1) is 13.7. The van der Waals surface area contributed by atoms with Crippen LogP contribution in [-0.2, 0) is 10.0 Å². The highest BCUT2D eigenvalue weighted by Crippen LogP contribution is 2.28. The molecule has 0 saturated carbocycles. The van der Waals surface area contributed by atoms with E-state index in [1.165, 1.54) is 32.3 Å². The first kappa shape index (κ1) is 21.6. The monoisotopic (exact) mass is 436 g/mol. The van der Waals surface area contributed by atoms with E-state index in [4.69, 9.17) is 11.6 Å². The van der Waals surface area contributed by atoms with E-state index in [1.54, 1.807) is 0 Å². The predicted octanol–water partition coefficient (Wildman–Crippen LogP) is 2.59. The molecule has 1 heterocycles. The smallest absolute Gasteiger partial charge is 0.257 e. The minimum atomic E-state index is -3.67. The van der Waals surface area contributed by atoms with Gasteiger partial charge in [0, 0.05) is 40.3 Å². The number of anilines is 2. The van der Waals surface area contributed by atoms with Crippen molar-refractivity contribution in [3.63, 3.8) is 0 Å². The number of hydrogen-bond donors (Lipinski definition) is 1. The summed E-state index contributed by atoms with van der Waals surface area (Å²) >= 11 is 6.21. The minimum absolute atomic E-state index is 0.0180. The van der Waals surface area contributed by atoms with Gasteiger partial charge in [0.1, 0.15) is 0 Å². The van der Waals surface area contributed by atoms with Crippen molar-refractivity contribution in [1.29, 1.82) is 0 Å². The van der Waals surface area contributed by atoms with Crippen LogP contribution < -0.4 is 10.2 Å². The second kappa shape index (κ2) is 8.71. The zero-order chi connectivity index (χ0) is 21.2. The van der Waals surface area contributed by atoms with Crippen molar-refractivity contribution in [2.45, 2.75) is 4.90 Å². The fraction of sp³-hybridized carbons (Fsp3) is 0.350. The van der Waals surface area contributed by atoms with Gasteiger partial charge < -0.3 is 15.1 Å². The van der Waals surface area contributed by atoms with Crippen molar-refractivity contribution < 1.29 is 13.2 Å². The lowest BCUT2D eigenvalue weighted by atomic mass is 10.1. The van der Waals surface area contributed by atoms with E-state index in [9.17, 15) is 13.2 Å². The Morgan fingerprint density at radius 3 is 2.38 bits per heavy atom. The van der Waals surface area contributed by atoms with Crippen molar-refractivity contribution in [2.24, 2.45) is 0 Å². The molecule has 1 N–H and O–H groups in total. The van der Waals surface area contributed by atoms with Gasteiger partial charge in [0.25, 0.3) is 5.91 Å². The zero-order valence-electron chi connectivity index (χ0n) is 16.7. The maximum Gasteiger partial charge on any atom is 0.257 e. The van der Waals surface area contributed by atoms with Crippen LogP contribution in [0.2, 0.25) is 5.02 Å². The van der Waals surface area contributed by atoms with E-state index < -0.39 is 15.9 Å². The normalized spacial score (nSPS) is 15.6. The first-order valence-corrected chi connectivity index (χ1v) is 11.1. The van der Waals surface area contributed by atoms with Gasteiger partial charge in [0.15, 0.2) is 0 Å². The predicted molar refractivity (Wildman–Crippen MR) is 116 cm³/mol. The molecule has 9 heteroatoms. The van der Waals surface area contributed by atoms with Crippen molar-refractivity contribution in [3.8, 4) is 0 Å². The lowest BCUT2D eigenvalue weighted by molar-refractivity contribution is 0.102. The third-order valence-corrected chi connectivity index (χ3v) is 7.10. The van der Waals surface area contributed by atoms with Gasteiger partial charge in [-0.05, 0) is 37.4 Å². The zero-order valence-corrected chi connectivity index (χ0v) is 18.3. The van der Waals surface area contributed by atoms with Crippen LogP contribution in [0.5, 0.6) is 0 Å². The second-order valence-electron chi connectivity index (χ2n) is 7.19. The SMILES string of the molecule is CN1CCN(c2ccccc2NC(=O)c2cc(S(=O)(=O)N(C)C)ccc2Cl)CC1. The van der Waals surface area contributed by atoms with E-state index in [1.807, 2.05) is 24.3 Å². The van der Waals surface area contributed by atoms with Crippen LogP contribution in [0.4, 0.5) is 11.4 Å². The maximum absolute atomic E-state index is 12.9. The Morgan fingerprint density at radius 1 is 1.07 bits per heavy atom. The molecule has 0 aromatic heterocycles. The Labute approximate surface area is 176 Å². The quantitative estimate of drug-likeness (QED) is 0.779. The van der Waals surface area contributed by atoms with Crippen LogP contribution in [0.3, 0.4) is 0 Å². The number of carbonyl (C=O) groups excluding carboxylic acids is 1. The van der Waals surface area contributed by atoms with Crippen molar-refractivity contribution >= 4 is 38.9 Å². The van der Waals surface area contributed by atoms with Crippen LogP contribution in [0.15, 0.2) is 47.4 Å². The number of para-hydroxylation sites is 2. The highest BCUT2D eigenvalue weighted by atomic mass is 35.5. The van der Waals surface area contributed by atoms with Crippen LogP contribution in [0.1, 0.15) is 10.4 Å². The number of nitrogens with zero attached hydrogens (tertiary/aromatic N) is 3. The number of benzene rings is 2. The van der Waals surface area contributed by atoms with Gasteiger partial charge in [-0.3, -0.25) is 4.79 Å². The Hall–Kier alpha value is -2.13. The van der Waals surface area contributed by atoms with Gasteiger partial charge in [0.05, 0.1) is 26.9 Å². The summed E-state index contributed by atoms with van der Waals surface area (Å²) in [4.78, 5) is 17.4. The summed E-state index contributed by atoms with van der Waals surface area (Å²) in [5.41, 5.74) is 1.71. The molecule has 1 aliphatic heterocycles. The molecule has 0 atom stereocenters. The van der Waals surface area contributed by atoms with Gasteiger partial charge >= 0.3 is 0 Å². The van der Waals surface area contributed by atoms with Gasteiger partial charge in [-0.1, -0.05) is 23.7 Å². The van der Waals surface area contributed by atoms with E-state index in [0.29, 0.717) is 5.69 Å². The second-order valence-corrected chi connectivity index (χ2v) is 9.75. The minimum Gasteiger partial charge on any atom is -0.367 e. The van der Waals surface area contributed by atoms with E-state index in [-0.39, 0.29) is 15.5 Å². The molecule has 1 fully saturated rings. The Kier molecular flexibility index (Phi) is 6.48. The van der Waals surface area contributed by atoms with E-state index in [2.05, 4.69) is 22.2 Å². The highest BCUT2D eigenvalue weighted by molar-refractivity contribution is 7.89. The molecule has 29 heavy (non-hydrogen) atoms. The topological polar surface area (TPSA) is 73.0 Å². The highest BCUT2D eigenvalue weighted by Gasteiger charge is 2.22. The number of nitrogens with one attached hydrogen (secondary N) is 1. The van der Waals surface area contributed by atoms with Crippen LogP contribution >= 0.6 is 11.6 Å². The molecule has 0 aliphatic carbocycles. The summed E-state index contributed by atoms with van der Waals surface area (Å²) in [6.07, 6.45) is 0. The molecule has 0 radical (unpaired) electrons. The molecule has 0 bridgehead atoms. The Morgan fingerprint density at radius 2 is 1.72 bits per heavy atom. The Bertz CT molecular complexity index is 1000. The van der Waals surface area contributed by atoms with Crippen molar-refractivity contribution in [2.75, 3.05) is 57.5 Å². The van der Waals surface area contributed by atoms with Crippen molar-refractivity contribution in [3.05, 3.63) is 53.1 Å². The summed E-state index contributed by atoms with van der Waals surface area (Å²) in [6, 6.07) is 11.7. The van der Waals surface area contributed by atoms with Gasteiger partial charge in [-0.2, -0.15) is 0 Å². The molecule has 0 spiro atoms. The maximum atomic E-state index is 12.9. The largest absolute Gasteiger partial charge is 0.367 e. The van der Waals surface area contributed by atoms with Gasteiger partial charge in [-0.25, -0.2) is 12.7 Å². The Balaban J connectivity index is 1.88. The fourth-order valence-corrected chi connectivity index (χ4v) is 4.27. The van der Waals surface area contributed by atoms with Gasteiger partial charge in [-0.15, -0.1) is 0 Å². The number of rotatable bonds is 5. The summed E-state index contributed by atoms with van der Waals surface area (Å²) in [5.74, 6) is -0.451. The number of carbonyl (C=O) groups is 1. The fourth-order valence-electron chi connectivity index (χ4n) is 3.14. The molecule has 3 rings (SSSR count). The molecule has 2 aromatic rings. The standard InChI is InChI=1S/C20H25ClN4O3S/c1-23(2)29(27,28)15-8-9-17(21)16(14-15)20(26)22-18-6-4-5-7-19(18)25-12-10-24(3)11-13-25/h4-9,14H,10-13H2,1-3H3,(H,22,26). The number of likely N-dealkylation sites (N-methyl/N-ethyl adjacent to an activating group) is 1. The van der Waals surface area contributed by atoms with E-state index in [0.717, 1.165) is 36.2 Å². The summed E-state index contributed by atoms with van der Waals surface area (Å²) < 4.78 is 25.9. The molecule has 1 aliphatic rings. The number of hydrogen-bond acceptors (Lipinski definition) is 5.